The van der Waals surface area contributed by atoms with Gasteiger partial charge in [-0.1, -0.05) is 30.3 Å². The molecule has 0 unspecified atom stereocenters. The van der Waals surface area contributed by atoms with E-state index < -0.39 is 0 Å². The Kier molecular flexibility index (Phi) is 2.74. The highest BCUT2D eigenvalue weighted by Crippen LogP contribution is 2.23. The molecule has 0 N–H and O–H groups in total. The van der Waals surface area contributed by atoms with Crippen LogP contribution in [0.2, 0.25) is 0 Å². The van der Waals surface area contributed by atoms with Gasteiger partial charge in [-0.2, -0.15) is 5.10 Å². The third-order valence-electron chi connectivity index (χ3n) is 3.98. The van der Waals surface area contributed by atoms with Crippen molar-refractivity contribution in [3.05, 3.63) is 71.8 Å². The quantitative estimate of drug-likeness (QED) is 0.479. The second kappa shape index (κ2) is 5.06. The van der Waals surface area contributed by atoms with Crippen molar-refractivity contribution in [1.82, 2.24) is 39.4 Å². The van der Waals surface area contributed by atoms with Crippen LogP contribution in [0.5, 0.6) is 0 Å². The Morgan fingerprint density at radius 2 is 1.72 bits per heavy atom. The Bertz CT molecular complexity index is 1250. The maximum absolute atomic E-state index is 12.7. The second-order valence-electron chi connectivity index (χ2n) is 5.40. The third-order valence-corrected chi connectivity index (χ3v) is 3.98. The van der Waals surface area contributed by atoms with Gasteiger partial charge in [0.25, 0.3) is 5.56 Å². The molecule has 9 nitrogen and oxygen atoms in total. The lowest BCUT2D eigenvalue weighted by atomic mass is 10.1. The van der Waals surface area contributed by atoms with Crippen molar-refractivity contribution < 1.29 is 0 Å². The Labute approximate surface area is 139 Å². The van der Waals surface area contributed by atoms with Crippen molar-refractivity contribution >= 4 is 16.7 Å². The molecule has 0 aliphatic rings. The van der Waals surface area contributed by atoms with Gasteiger partial charge in [0.15, 0.2) is 11.2 Å². The zero-order chi connectivity index (χ0) is 16.8. The highest BCUT2D eigenvalue weighted by atomic mass is 16.1. The average Bonchev–Trinajstić information content (AvgIpc) is 3.32. The standard InChI is InChI=1S/C16H10N8O/c25-16-14-13(6-7-23(16)22-9-17-18-10-22)24-15(21-20-14)12(8-19-24)11-4-2-1-3-5-11/h1-10H. The van der Waals surface area contributed by atoms with E-state index >= 15 is 0 Å². The number of hydrogen-bond acceptors (Lipinski definition) is 6. The summed E-state index contributed by atoms with van der Waals surface area (Å²) < 4.78 is 4.44. The van der Waals surface area contributed by atoms with Gasteiger partial charge in [-0.3, -0.25) is 4.79 Å². The summed E-state index contributed by atoms with van der Waals surface area (Å²) in [5.74, 6) is 0. The first-order chi connectivity index (χ1) is 12.3. The van der Waals surface area contributed by atoms with Gasteiger partial charge in [0, 0.05) is 11.8 Å². The minimum absolute atomic E-state index is 0.214. The van der Waals surface area contributed by atoms with E-state index in [-0.39, 0.29) is 11.1 Å². The van der Waals surface area contributed by atoms with E-state index in [1.165, 1.54) is 22.0 Å². The minimum atomic E-state index is -0.330. The molecule has 4 aromatic heterocycles. The zero-order valence-corrected chi connectivity index (χ0v) is 12.8. The van der Waals surface area contributed by atoms with Gasteiger partial charge < -0.3 is 0 Å². The monoisotopic (exact) mass is 330 g/mol. The highest BCUT2D eigenvalue weighted by Gasteiger charge is 2.14. The molecule has 0 aliphatic carbocycles. The Hall–Kier alpha value is -3.88. The van der Waals surface area contributed by atoms with Gasteiger partial charge in [-0.25, -0.2) is 13.9 Å². The van der Waals surface area contributed by atoms with Crippen LogP contribution in [0.15, 0.2) is 66.2 Å². The molecular formula is C16H10N8O. The van der Waals surface area contributed by atoms with Crippen LogP contribution in [0.1, 0.15) is 0 Å². The highest BCUT2D eigenvalue weighted by molar-refractivity contribution is 5.82. The molecule has 120 valence electrons. The molecule has 5 aromatic rings. The zero-order valence-electron chi connectivity index (χ0n) is 12.8. The first-order valence-electron chi connectivity index (χ1n) is 7.49. The van der Waals surface area contributed by atoms with Crippen molar-refractivity contribution in [1.29, 1.82) is 0 Å². The van der Waals surface area contributed by atoms with E-state index in [4.69, 9.17) is 0 Å². The smallest absolute Gasteiger partial charge is 0.265 e. The number of nitrogens with zero attached hydrogens (tertiary/aromatic N) is 8. The Balaban J connectivity index is 1.79. The molecule has 0 amide bonds. The molecule has 1 aromatic carbocycles. The van der Waals surface area contributed by atoms with Gasteiger partial charge in [0.05, 0.1) is 6.20 Å². The normalized spacial score (nSPS) is 11.4. The number of pyridine rings is 1. The summed E-state index contributed by atoms with van der Waals surface area (Å²) in [6.07, 6.45) is 6.21. The molecule has 0 fully saturated rings. The molecule has 0 spiro atoms. The van der Waals surface area contributed by atoms with E-state index in [9.17, 15) is 4.79 Å². The maximum atomic E-state index is 12.7. The molecule has 0 atom stereocenters. The van der Waals surface area contributed by atoms with Crippen molar-refractivity contribution in [2.45, 2.75) is 0 Å². The summed E-state index contributed by atoms with van der Waals surface area (Å²) in [4.78, 5) is 12.7. The summed E-state index contributed by atoms with van der Waals surface area (Å²) in [5.41, 5.74) is 2.92. The topological polar surface area (TPSA) is 95.8 Å². The van der Waals surface area contributed by atoms with E-state index in [0.29, 0.717) is 11.2 Å². The van der Waals surface area contributed by atoms with Crippen LogP contribution in [-0.2, 0) is 0 Å². The number of rotatable bonds is 2. The second-order valence-corrected chi connectivity index (χ2v) is 5.40. The van der Waals surface area contributed by atoms with Gasteiger partial charge in [0.2, 0.25) is 0 Å². The molecule has 4 heterocycles. The van der Waals surface area contributed by atoms with Gasteiger partial charge in [-0.15, -0.1) is 20.4 Å². The molecule has 0 radical (unpaired) electrons. The lowest BCUT2D eigenvalue weighted by Gasteiger charge is -2.06. The minimum Gasteiger partial charge on any atom is -0.265 e. The summed E-state index contributed by atoms with van der Waals surface area (Å²) in [6, 6.07) is 11.6. The number of aromatic nitrogens is 8. The average molecular weight is 330 g/mol. The fourth-order valence-corrected chi connectivity index (χ4v) is 2.79. The predicted molar refractivity (Wildman–Crippen MR) is 88.8 cm³/mol. The van der Waals surface area contributed by atoms with Crippen LogP contribution >= 0.6 is 0 Å². The first kappa shape index (κ1) is 13.5. The predicted octanol–water partition coefficient (Wildman–Crippen LogP) is 1.01. The van der Waals surface area contributed by atoms with Gasteiger partial charge in [0.1, 0.15) is 18.2 Å². The summed E-state index contributed by atoms with van der Waals surface area (Å²) in [7, 11) is 0. The van der Waals surface area contributed by atoms with Crippen LogP contribution in [0, 0.1) is 0 Å². The number of benzene rings is 1. The van der Waals surface area contributed by atoms with Crippen molar-refractivity contribution in [3.8, 4) is 11.1 Å². The van der Waals surface area contributed by atoms with E-state index in [1.54, 1.807) is 23.0 Å². The van der Waals surface area contributed by atoms with Crippen LogP contribution in [-0.4, -0.2) is 39.4 Å². The molecule has 0 bridgehead atoms. The lowest BCUT2D eigenvalue weighted by Crippen LogP contribution is -2.26. The summed E-state index contributed by atoms with van der Waals surface area (Å²) in [6.45, 7) is 0. The maximum Gasteiger partial charge on any atom is 0.299 e. The fraction of sp³-hybridized carbons (Fsp3) is 0. The van der Waals surface area contributed by atoms with Gasteiger partial charge in [-0.05, 0) is 11.6 Å². The summed E-state index contributed by atoms with van der Waals surface area (Å²) >= 11 is 0. The fourth-order valence-electron chi connectivity index (χ4n) is 2.79. The van der Waals surface area contributed by atoms with Crippen LogP contribution in [0.4, 0.5) is 0 Å². The van der Waals surface area contributed by atoms with Crippen molar-refractivity contribution in [3.63, 3.8) is 0 Å². The van der Waals surface area contributed by atoms with E-state index in [2.05, 4.69) is 25.5 Å². The number of hydrogen-bond donors (Lipinski definition) is 0. The molecular weight excluding hydrogens is 320 g/mol. The molecule has 0 aliphatic heterocycles. The number of fused-ring (bicyclic) bond motifs is 3. The Morgan fingerprint density at radius 1 is 0.920 bits per heavy atom. The SMILES string of the molecule is O=c1c2nnc3c(-c4ccccc4)cnn3c2ccn1-n1cnnc1. The van der Waals surface area contributed by atoms with Crippen molar-refractivity contribution in [2.24, 2.45) is 0 Å². The van der Waals surface area contributed by atoms with E-state index in [1.807, 2.05) is 30.3 Å². The van der Waals surface area contributed by atoms with Crippen molar-refractivity contribution in [2.75, 3.05) is 0 Å². The van der Waals surface area contributed by atoms with Crippen LogP contribution in [0.3, 0.4) is 0 Å². The first-order valence-corrected chi connectivity index (χ1v) is 7.49. The largest absolute Gasteiger partial charge is 0.299 e. The molecule has 25 heavy (non-hydrogen) atoms. The summed E-state index contributed by atoms with van der Waals surface area (Å²) in [5, 5.41) is 20.2. The molecule has 9 heteroatoms. The molecule has 5 rings (SSSR count). The lowest BCUT2D eigenvalue weighted by molar-refractivity contribution is 0.630. The van der Waals surface area contributed by atoms with Crippen LogP contribution in [0.25, 0.3) is 27.8 Å². The van der Waals surface area contributed by atoms with Crippen LogP contribution < -0.4 is 5.56 Å². The Morgan fingerprint density at radius 3 is 2.52 bits per heavy atom. The molecule has 0 saturated heterocycles. The van der Waals surface area contributed by atoms with Gasteiger partial charge >= 0.3 is 0 Å². The molecule has 0 saturated carbocycles. The third kappa shape index (κ3) is 1.96. The van der Waals surface area contributed by atoms with E-state index in [0.717, 1.165) is 11.1 Å².